The van der Waals surface area contributed by atoms with Gasteiger partial charge in [-0.25, -0.2) is 5.43 Å². The number of carbonyl (C=O) groups is 1. The molecule has 0 bridgehead atoms. The topological polar surface area (TPSA) is 53.5 Å². The molecule has 0 aliphatic carbocycles. The van der Waals surface area contributed by atoms with Gasteiger partial charge in [0.2, 0.25) is 0 Å². The quantitative estimate of drug-likeness (QED) is 0.362. The molecule has 0 heterocycles. The second kappa shape index (κ2) is 8.82. The van der Waals surface area contributed by atoms with E-state index in [0.29, 0.717) is 11.3 Å². The molecule has 0 atom stereocenters. The highest BCUT2D eigenvalue weighted by molar-refractivity contribution is 6.49. The van der Waals surface area contributed by atoms with Crippen LogP contribution in [0.5, 0.6) is 0 Å². The number of rotatable bonds is 5. The van der Waals surface area contributed by atoms with Gasteiger partial charge in [-0.3, -0.25) is 4.79 Å². The number of hydrazone groups is 1. The maximum atomic E-state index is 12.7. The van der Waals surface area contributed by atoms with Gasteiger partial charge in [0.15, 0.2) is 0 Å². The number of hydrogen-bond acceptors (Lipinski definition) is 3. The molecule has 2 aromatic rings. The first-order chi connectivity index (χ1) is 12.6. The average molecular weight is 439 g/mol. The van der Waals surface area contributed by atoms with Gasteiger partial charge in [0.25, 0.3) is 5.91 Å². The molecule has 10 heteroatoms. The van der Waals surface area contributed by atoms with Crippen LogP contribution >= 0.6 is 34.8 Å². The van der Waals surface area contributed by atoms with Gasteiger partial charge in [0, 0.05) is 11.3 Å². The van der Waals surface area contributed by atoms with E-state index in [2.05, 4.69) is 15.8 Å². The van der Waals surface area contributed by atoms with Crippen LogP contribution in [0.2, 0.25) is 15.1 Å². The normalized spacial score (nSPS) is 12.0. The standard InChI is InChI=1S/C17H13Cl3F3N3O/c1-9(12-5-6-13(18)16(20)15(12)19)25-26-14(27)8-24-11-4-2-3-10(7-11)17(21,22)23/h2-7,24H,8H2,1H3,(H,26,27)/b25-9+. The molecular formula is C17H13Cl3F3N3O. The van der Waals surface area contributed by atoms with E-state index in [1.807, 2.05) is 0 Å². The summed E-state index contributed by atoms with van der Waals surface area (Å²) in [7, 11) is 0. The molecule has 144 valence electrons. The van der Waals surface area contributed by atoms with E-state index in [9.17, 15) is 18.0 Å². The zero-order chi connectivity index (χ0) is 20.2. The van der Waals surface area contributed by atoms with Crippen molar-refractivity contribution in [3.05, 3.63) is 62.6 Å². The van der Waals surface area contributed by atoms with Crippen LogP contribution in [0.1, 0.15) is 18.1 Å². The Morgan fingerprint density at radius 1 is 1.11 bits per heavy atom. The third kappa shape index (κ3) is 5.76. The first kappa shape index (κ1) is 21.3. The van der Waals surface area contributed by atoms with E-state index in [1.54, 1.807) is 19.1 Å². The zero-order valence-corrected chi connectivity index (χ0v) is 16.1. The van der Waals surface area contributed by atoms with Crippen molar-refractivity contribution in [1.82, 2.24) is 5.43 Å². The number of hydrogen-bond donors (Lipinski definition) is 2. The number of amides is 1. The maximum absolute atomic E-state index is 12.7. The lowest BCUT2D eigenvalue weighted by molar-refractivity contribution is -0.137. The predicted molar refractivity (Wildman–Crippen MR) is 102 cm³/mol. The van der Waals surface area contributed by atoms with Gasteiger partial charge >= 0.3 is 6.18 Å². The molecule has 2 rings (SSSR count). The summed E-state index contributed by atoms with van der Waals surface area (Å²) in [5.41, 5.74) is 2.50. The average Bonchev–Trinajstić information content (AvgIpc) is 2.62. The first-order valence-corrected chi connectivity index (χ1v) is 8.61. The van der Waals surface area contributed by atoms with Crippen LogP contribution in [-0.4, -0.2) is 18.2 Å². The molecule has 0 aliphatic rings. The van der Waals surface area contributed by atoms with Crippen molar-refractivity contribution >= 4 is 52.1 Å². The highest BCUT2D eigenvalue weighted by Crippen LogP contribution is 2.33. The monoisotopic (exact) mass is 437 g/mol. The molecule has 0 aliphatic heterocycles. The van der Waals surface area contributed by atoms with E-state index in [4.69, 9.17) is 34.8 Å². The third-order valence-corrected chi connectivity index (χ3v) is 4.71. The summed E-state index contributed by atoms with van der Waals surface area (Å²) in [5, 5.41) is 7.16. The van der Waals surface area contributed by atoms with Crippen LogP contribution in [0.25, 0.3) is 0 Å². The lowest BCUT2D eigenvalue weighted by atomic mass is 10.1. The summed E-state index contributed by atoms with van der Waals surface area (Å²) in [6.45, 7) is 1.33. The Morgan fingerprint density at radius 2 is 1.81 bits per heavy atom. The van der Waals surface area contributed by atoms with Gasteiger partial charge in [-0.05, 0) is 31.2 Å². The number of carbonyl (C=O) groups excluding carboxylic acids is 1. The van der Waals surface area contributed by atoms with Crippen molar-refractivity contribution in [2.75, 3.05) is 11.9 Å². The molecule has 27 heavy (non-hydrogen) atoms. The zero-order valence-electron chi connectivity index (χ0n) is 13.8. The molecule has 0 spiro atoms. The maximum Gasteiger partial charge on any atom is 0.416 e. The minimum atomic E-state index is -4.46. The molecule has 2 N–H and O–H groups in total. The van der Waals surface area contributed by atoms with Crippen LogP contribution in [-0.2, 0) is 11.0 Å². The van der Waals surface area contributed by atoms with Gasteiger partial charge in [0.1, 0.15) is 0 Å². The minimum Gasteiger partial charge on any atom is -0.376 e. The lowest BCUT2D eigenvalue weighted by Gasteiger charge is -2.10. The van der Waals surface area contributed by atoms with Crippen molar-refractivity contribution < 1.29 is 18.0 Å². The smallest absolute Gasteiger partial charge is 0.376 e. The SMILES string of the molecule is C/C(=N\NC(=O)CNc1cccc(C(F)(F)F)c1)c1ccc(Cl)c(Cl)c1Cl. The number of nitrogens with zero attached hydrogens (tertiary/aromatic N) is 1. The van der Waals surface area contributed by atoms with Crippen molar-refractivity contribution in [3.8, 4) is 0 Å². The molecule has 0 saturated carbocycles. The lowest BCUT2D eigenvalue weighted by Crippen LogP contribution is -2.27. The molecule has 4 nitrogen and oxygen atoms in total. The fourth-order valence-electron chi connectivity index (χ4n) is 2.04. The summed E-state index contributed by atoms with van der Waals surface area (Å²) in [4.78, 5) is 11.9. The van der Waals surface area contributed by atoms with Gasteiger partial charge in [-0.1, -0.05) is 46.9 Å². The molecule has 0 radical (unpaired) electrons. The van der Waals surface area contributed by atoms with Crippen molar-refractivity contribution in [2.24, 2.45) is 5.10 Å². The highest BCUT2D eigenvalue weighted by Gasteiger charge is 2.30. The summed E-state index contributed by atoms with van der Waals surface area (Å²) >= 11 is 17.9. The predicted octanol–water partition coefficient (Wildman–Crippen LogP) is 5.62. The molecule has 0 fully saturated rings. The van der Waals surface area contributed by atoms with Gasteiger partial charge < -0.3 is 5.32 Å². The van der Waals surface area contributed by atoms with Gasteiger partial charge in [-0.15, -0.1) is 0 Å². The van der Waals surface area contributed by atoms with E-state index in [-0.39, 0.29) is 27.3 Å². The second-order valence-corrected chi connectivity index (χ2v) is 6.55. The summed E-state index contributed by atoms with van der Waals surface area (Å²) in [6, 6.07) is 7.67. The number of halogens is 6. The van der Waals surface area contributed by atoms with Gasteiger partial charge in [-0.2, -0.15) is 18.3 Å². The van der Waals surface area contributed by atoms with Crippen LogP contribution in [0, 0.1) is 0 Å². The fraction of sp³-hybridized carbons (Fsp3) is 0.176. The third-order valence-electron chi connectivity index (χ3n) is 3.42. The van der Waals surface area contributed by atoms with E-state index in [1.165, 1.54) is 12.1 Å². The Labute approximate surface area is 168 Å². The molecule has 2 aromatic carbocycles. The Hall–Kier alpha value is -1.96. The summed E-state index contributed by atoms with van der Waals surface area (Å²) in [5.74, 6) is -0.553. The molecule has 0 unspecified atom stereocenters. The molecule has 0 aromatic heterocycles. The molecule has 1 amide bonds. The van der Waals surface area contributed by atoms with E-state index in [0.717, 1.165) is 12.1 Å². The summed E-state index contributed by atoms with van der Waals surface area (Å²) < 4.78 is 38.0. The Kier molecular flexibility index (Phi) is 6.97. The van der Waals surface area contributed by atoms with Crippen LogP contribution in [0.4, 0.5) is 18.9 Å². The van der Waals surface area contributed by atoms with Crippen LogP contribution in [0.15, 0.2) is 41.5 Å². The largest absolute Gasteiger partial charge is 0.416 e. The van der Waals surface area contributed by atoms with E-state index < -0.39 is 17.6 Å². The second-order valence-electron chi connectivity index (χ2n) is 5.39. The van der Waals surface area contributed by atoms with Crippen molar-refractivity contribution in [2.45, 2.75) is 13.1 Å². The van der Waals surface area contributed by atoms with Crippen molar-refractivity contribution in [1.29, 1.82) is 0 Å². The highest BCUT2D eigenvalue weighted by atomic mass is 35.5. The van der Waals surface area contributed by atoms with Crippen molar-refractivity contribution in [3.63, 3.8) is 0 Å². The first-order valence-electron chi connectivity index (χ1n) is 7.47. The van der Waals surface area contributed by atoms with Crippen LogP contribution in [0.3, 0.4) is 0 Å². The summed E-state index contributed by atoms with van der Waals surface area (Å²) in [6.07, 6.45) is -4.46. The minimum absolute atomic E-state index is 0.160. The number of nitrogens with one attached hydrogen (secondary N) is 2. The molecular weight excluding hydrogens is 426 g/mol. The Balaban J connectivity index is 1.98. The number of benzene rings is 2. The van der Waals surface area contributed by atoms with Gasteiger partial charge in [0.05, 0.1) is 32.9 Å². The van der Waals surface area contributed by atoms with Crippen LogP contribution < -0.4 is 10.7 Å². The number of alkyl halides is 3. The molecule has 0 saturated heterocycles. The Bertz CT molecular complexity index is 885. The fourth-order valence-corrected chi connectivity index (χ4v) is 2.71. The van der Waals surface area contributed by atoms with E-state index >= 15 is 0 Å². The Morgan fingerprint density at radius 3 is 2.48 bits per heavy atom. The number of anilines is 1.